The second-order valence-electron chi connectivity index (χ2n) is 18.1. The summed E-state index contributed by atoms with van der Waals surface area (Å²) in [6.07, 6.45) is 12.4. The minimum atomic E-state index is -1.63. The molecule has 11 N–H and O–H groups in total. The van der Waals surface area contributed by atoms with Gasteiger partial charge < -0.3 is 57.2 Å². The highest BCUT2D eigenvalue weighted by molar-refractivity contribution is 9.14. The van der Waals surface area contributed by atoms with Crippen LogP contribution in [0.3, 0.4) is 0 Å². The van der Waals surface area contributed by atoms with Crippen LogP contribution in [0.1, 0.15) is 182 Å². The van der Waals surface area contributed by atoms with E-state index in [9.17, 15) is 73.2 Å². The molecular formula is C47H79N5O17S6. The van der Waals surface area contributed by atoms with Gasteiger partial charge in [0.25, 0.3) is 0 Å². The van der Waals surface area contributed by atoms with Gasteiger partial charge in [0.15, 0.2) is 2.74 Å². The molecule has 1 spiro atoms. The average molecular weight is 1180 g/mol. The zero-order valence-corrected chi connectivity index (χ0v) is 47.4. The number of carbonyl (C=O) groups excluding carboxylic acids is 5. The number of aliphatic carboxylic acids is 6. The molecule has 2 aliphatic heterocycles. The van der Waals surface area contributed by atoms with Crippen LogP contribution >= 0.6 is 64.8 Å². The van der Waals surface area contributed by atoms with E-state index < -0.39 is 128 Å². The number of amides is 5. The molecule has 28 heteroatoms. The highest BCUT2D eigenvalue weighted by Gasteiger charge is 2.50. The molecule has 0 bridgehead atoms. The Bertz CT molecular complexity index is 1830. The Morgan fingerprint density at radius 1 is 0.387 bits per heavy atom. The van der Waals surface area contributed by atoms with Crippen LogP contribution in [0.2, 0.25) is 0 Å². The highest BCUT2D eigenvalue weighted by Crippen LogP contribution is 2.83. The first-order valence-corrected chi connectivity index (χ1v) is 32.2. The van der Waals surface area contributed by atoms with Crippen LogP contribution in [0.15, 0.2) is 0 Å². The molecule has 0 aliphatic carbocycles. The summed E-state index contributed by atoms with van der Waals surface area (Å²) >= 11 is 0. The Morgan fingerprint density at radius 3 is 1.01 bits per heavy atom. The third-order valence-corrected chi connectivity index (χ3v) is 24.6. The van der Waals surface area contributed by atoms with Gasteiger partial charge in [0.05, 0.1) is 11.0 Å². The number of carbonyl (C=O) groups is 11. The fourth-order valence-corrected chi connectivity index (χ4v) is 20.2. The SMILES string of the molecule is C1SSC2(SS1)SS2.C[C@@H](CCCCNC(=O)CC[C@H](NC(=O)CC[C@H](NC(=O)CC[C@H](NC(=O)CC[C@H](NC(=O)CCCCCCCCCCCCCCCCC(=O)O)C(=O)O)C(=O)O)C(=O)O)C(=O)O)C(=O)O.[HH]. The zero-order chi connectivity index (χ0) is 56.0. The molecule has 2 fully saturated rings. The van der Waals surface area contributed by atoms with Gasteiger partial charge in [-0.15, -0.1) is 0 Å². The second-order valence-corrected chi connectivity index (χ2v) is 27.6. The van der Waals surface area contributed by atoms with Crippen LogP contribution in [0.5, 0.6) is 0 Å². The first-order valence-electron chi connectivity index (χ1n) is 25.4. The molecule has 0 saturated carbocycles. The maximum absolute atomic E-state index is 12.6. The smallest absolute Gasteiger partial charge is 0.326 e. The number of rotatable bonds is 43. The lowest BCUT2D eigenvalue weighted by molar-refractivity contribution is -0.144. The van der Waals surface area contributed by atoms with Gasteiger partial charge in [-0.3, -0.25) is 33.6 Å². The van der Waals surface area contributed by atoms with Crippen molar-refractivity contribution in [2.75, 3.05) is 11.6 Å². The van der Waals surface area contributed by atoms with E-state index in [4.69, 9.17) is 10.2 Å². The molecule has 75 heavy (non-hydrogen) atoms. The molecule has 0 aromatic rings. The minimum absolute atomic E-state index is 0. The predicted molar refractivity (Wildman–Crippen MR) is 296 cm³/mol. The van der Waals surface area contributed by atoms with Crippen molar-refractivity contribution in [2.24, 2.45) is 5.92 Å². The van der Waals surface area contributed by atoms with Crippen molar-refractivity contribution in [3.8, 4) is 0 Å². The fraction of sp³-hybridized carbons (Fsp3) is 0.766. The topological polar surface area (TPSA) is 369 Å². The highest BCUT2D eigenvalue weighted by atomic mass is 33.2. The maximum Gasteiger partial charge on any atom is 0.326 e. The van der Waals surface area contributed by atoms with Gasteiger partial charge in [0.1, 0.15) is 24.2 Å². The van der Waals surface area contributed by atoms with Gasteiger partial charge in [0, 0.05) is 46.5 Å². The summed E-state index contributed by atoms with van der Waals surface area (Å²) in [7, 11) is 12.0. The van der Waals surface area contributed by atoms with Gasteiger partial charge in [0.2, 0.25) is 29.5 Å². The van der Waals surface area contributed by atoms with Crippen molar-refractivity contribution in [2.45, 2.75) is 207 Å². The van der Waals surface area contributed by atoms with Crippen molar-refractivity contribution < 1.29 is 84.8 Å². The molecule has 430 valence electrons. The second kappa shape index (κ2) is 41.4. The minimum Gasteiger partial charge on any atom is -0.481 e. The quantitative estimate of drug-likeness (QED) is 0.0158. The van der Waals surface area contributed by atoms with Crippen LogP contribution in [-0.2, 0) is 52.7 Å². The summed E-state index contributed by atoms with van der Waals surface area (Å²) in [5.41, 5.74) is 0. The van der Waals surface area contributed by atoms with Crippen LogP contribution in [-0.4, -0.2) is 135 Å². The lowest BCUT2D eigenvalue weighted by Crippen LogP contribution is -2.45. The van der Waals surface area contributed by atoms with E-state index in [1.165, 1.54) is 17.9 Å². The standard InChI is InChI=1S/C45H75N5O17.C2H2S6.H2/c1-30(41(58)59)18-16-17-29-46-35(51)25-21-31(42(60)61)48-37(53)27-23-33(44(64)65)50-39(55)28-24-34(45(66)67)49-38(54)26-22-32(43(62)63)47-36(52)19-14-12-10-8-6-4-2-3-5-7-9-11-13-15-20-40(56)57;1-3-5-2(6-4-1)7-8-2;/h30-34H,2-29H2,1H3,(H,46,51)(H,47,52)(H,48,53)(H,49,54)(H,50,55)(H,56,57)(H,58,59)(H,60,61)(H,62,63)(H,64,65)(H,66,67);1H2;1H/t30-,31-,32-,33-,34-;;/m0../s1. The fourth-order valence-electron chi connectivity index (χ4n) is 7.21. The first kappa shape index (κ1) is 69.3. The number of unbranched alkanes of at least 4 members (excludes halogenated alkanes) is 14. The van der Waals surface area contributed by atoms with Crippen molar-refractivity contribution in [1.29, 1.82) is 0 Å². The third-order valence-electron chi connectivity index (χ3n) is 11.7. The van der Waals surface area contributed by atoms with Gasteiger partial charge in [-0.25, -0.2) is 19.2 Å². The molecule has 5 amide bonds. The van der Waals surface area contributed by atoms with Gasteiger partial charge in [-0.2, -0.15) is 0 Å². The summed E-state index contributed by atoms with van der Waals surface area (Å²) in [6.45, 7) is 1.81. The Labute approximate surface area is 463 Å². The van der Waals surface area contributed by atoms with Gasteiger partial charge >= 0.3 is 35.8 Å². The Balaban J connectivity index is 0.00000560. The van der Waals surface area contributed by atoms with Crippen molar-refractivity contribution >= 4 is 130 Å². The number of nitrogens with one attached hydrogen (secondary N) is 5. The lowest BCUT2D eigenvalue weighted by atomic mass is 10.0. The number of hydrogen-bond donors (Lipinski definition) is 11. The van der Waals surface area contributed by atoms with E-state index in [0.29, 0.717) is 28.4 Å². The number of carboxylic acids is 6. The molecule has 5 atom stereocenters. The zero-order valence-electron chi connectivity index (χ0n) is 42.5. The van der Waals surface area contributed by atoms with E-state index in [0.717, 1.165) is 70.6 Å². The molecule has 0 aromatic heterocycles. The van der Waals surface area contributed by atoms with Crippen LogP contribution in [0.25, 0.3) is 0 Å². The first-order chi connectivity index (χ1) is 35.6. The predicted octanol–water partition coefficient (Wildman–Crippen LogP) is 7.69. The number of hydrogen-bond acceptors (Lipinski definition) is 17. The maximum atomic E-state index is 12.6. The van der Waals surface area contributed by atoms with Gasteiger partial charge in [-0.1, -0.05) is 134 Å². The average Bonchev–Trinajstić information content (AvgIpc) is 4.10. The summed E-state index contributed by atoms with van der Waals surface area (Å²) in [5, 5.41) is 68.6. The molecule has 2 aliphatic rings. The van der Waals surface area contributed by atoms with Crippen LogP contribution in [0, 0.1) is 5.92 Å². The van der Waals surface area contributed by atoms with E-state index in [2.05, 4.69) is 26.6 Å². The molecule has 0 unspecified atom stereocenters. The molecule has 22 nitrogen and oxygen atoms in total. The molecular weight excluding hydrogens is 1100 g/mol. The third kappa shape index (κ3) is 36.9. The molecule has 2 rings (SSSR count). The van der Waals surface area contributed by atoms with Crippen LogP contribution in [0.4, 0.5) is 0 Å². The summed E-state index contributed by atoms with van der Waals surface area (Å²) in [4.78, 5) is 131. The summed E-state index contributed by atoms with van der Waals surface area (Å²) in [6, 6.07) is -6.15. The van der Waals surface area contributed by atoms with E-state index >= 15 is 0 Å². The monoisotopic (exact) mass is 1180 g/mol. The van der Waals surface area contributed by atoms with E-state index in [1.54, 1.807) is 6.92 Å². The van der Waals surface area contributed by atoms with Crippen LogP contribution < -0.4 is 26.6 Å². The van der Waals surface area contributed by atoms with Crippen molar-refractivity contribution in [3.63, 3.8) is 0 Å². The van der Waals surface area contributed by atoms with Gasteiger partial charge in [-0.05, 0) is 73.0 Å². The van der Waals surface area contributed by atoms with E-state index in [1.807, 2.05) is 64.8 Å². The van der Waals surface area contributed by atoms with Crippen molar-refractivity contribution in [1.82, 2.24) is 26.6 Å². The molecule has 2 saturated heterocycles. The Hall–Kier alpha value is -3.73. The largest absolute Gasteiger partial charge is 0.481 e. The number of carboxylic acid groups (broad SMARTS) is 6. The van der Waals surface area contributed by atoms with Crippen molar-refractivity contribution in [3.05, 3.63) is 0 Å². The summed E-state index contributed by atoms with van der Waals surface area (Å²) in [5.74, 6) is -11.8. The normalized spacial score (nSPS) is 15.3. The molecule has 0 radical (unpaired) electrons. The molecule has 2 heterocycles. The Morgan fingerprint density at radius 2 is 0.707 bits per heavy atom. The summed E-state index contributed by atoms with van der Waals surface area (Å²) < 4.78 is 0.521. The van der Waals surface area contributed by atoms with E-state index in [-0.39, 0.29) is 40.1 Å². The molecule has 0 aromatic carbocycles. The Kier molecular flexibility index (Phi) is 38.2. The lowest BCUT2D eigenvalue weighted by Gasteiger charge is -2.18.